The molecule has 2 amide bonds. The SMILES string of the molecule is O=C1N[C@@H]2COC[C@H]1CN(C(=O)Cc1c(F)cccc1Cl)C2. The van der Waals surface area contributed by atoms with E-state index in [2.05, 4.69) is 5.32 Å². The molecule has 2 aliphatic rings. The first kappa shape index (κ1) is 15.2. The zero-order valence-corrected chi connectivity index (χ0v) is 12.6. The summed E-state index contributed by atoms with van der Waals surface area (Å²) in [5, 5.41) is 3.09. The van der Waals surface area contributed by atoms with E-state index in [0.717, 1.165) is 0 Å². The number of carbonyl (C=O) groups is 2. The normalized spacial score (nSPS) is 24.6. The fourth-order valence-corrected chi connectivity index (χ4v) is 3.03. The van der Waals surface area contributed by atoms with Crippen LogP contribution < -0.4 is 5.32 Å². The van der Waals surface area contributed by atoms with Crippen LogP contribution in [0.3, 0.4) is 0 Å². The highest BCUT2D eigenvalue weighted by Gasteiger charge is 2.35. The molecule has 2 bridgehead atoms. The van der Waals surface area contributed by atoms with E-state index in [1.165, 1.54) is 12.1 Å². The number of amides is 2. The van der Waals surface area contributed by atoms with Gasteiger partial charge in [-0.3, -0.25) is 9.59 Å². The van der Waals surface area contributed by atoms with Crippen LogP contribution in [0.1, 0.15) is 5.56 Å². The van der Waals surface area contributed by atoms with Crippen molar-refractivity contribution in [3.63, 3.8) is 0 Å². The largest absolute Gasteiger partial charge is 0.378 e. The standard InChI is InChI=1S/C15H16ClFN2O3/c16-12-2-1-3-13(17)11(12)4-14(20)19-5-9-7-22-8-10(6-19)18-15(9)21/h1-3,9-10H,4-8H2,(H,18,21)/t9-,10+/m1/s1. The van der Waals surface area contributed by atoms with Crippen molar-refractivity contribution < 1.29 is 18.7 Å². The second kappa shape index (κ2) is 6.22. The number of fused-ring (bicyclic) bond motifs is 3. The summed E-state index contributed by atoms with van der Waals surface area (Å²) < 4.78 is 19.2. The van der Waals surface area contributed by atoms with Gasteiger partial charge in [-0.2, -0.15) is 0 Å². The minimum Gasteiger partial charge on any atom is -0.378 e. The molecule has 0 aromatic heterocycles. The molecular formula is C15H16ClFN2O3. The lowest BCUT2D eigenvalue weighted by Crippen LogP contribution is -2.45. The van der Waals surface area contributed by atoms with Crippen LogP contribution in [0.4, 0.5) is 4.39 Å². The highest BCUT2D eigenvalue weighted by atomic mass is 35.5. The quantitative estimate of drug-likeness (QED) is 0.882. The molecule has 0 spiro atoms. The van der Waals surface area contributed by atoms with Crippen molar-refractivity contribution in [1.82, 2.24) is 10.2 Å². The van der Waals surface area contributed by atoms with Gasteiger partial charge in [0.25, 0.3) is 0 Å². The maximum Gasteiger partial charge on any atom is 0.227 e. The number of hydrogen-bond acceptors (Lipinski definition) is 3. The molecule has 2 atom stereocenters. The summed E-state index contributed by atoms with van der Waals surface area (Å²) in [6, 6.07) is 4.12. The Hall–Kier alpha value is -1.66. The number of hydrogen-bond donors (Lipinski definition) is 1. The van der Waals surface area contributed by atoms with Crippen molar-refractivity contribution in [2.75, 3.05) is 26.3 Å². The molecule has 0 unspecified atom stereocenters. The summed E-state index contributed by atoms with van der Waals surface area (Å²) in [7, 11) is 0. The van der Waals surface area contributed by atoms with Crippen molar-refractivity contribution in [3.05, 3.63) is 34.6 Å². The molecule has 118 valence electrons. The number of benzene rings is 1. The molecule has 0 aliphatic carbocycles. The van der Waals surface area contributed by atoms with Crippen LogP contribution in [0.2, 0.25) is 5.02 Å². The summed E-state index contributed by atoms with van der Waals surface area (Å²) in [6.45, 7) is 1.33. The highest BCUT2D eigenvalue weighted by Crippen LogP contribution is 2.21. The summed E-state index contributed by atoms with van der Waals surface area (Å²) in [5.41, 5.74) is 0.194. The number of nitrogens with one attached hydrogen (secondary N) is 1. The predicted molar refractivity (Wildman–Crippen MR) is 77.9 cm³/mol. The van der Waals surface area contributed by atoms with Crippen molar-refractivity contribution in [1.29, 1.82) is 0 Å². The van der Waals surface area contributed by atoms with Crippen molar-refractivity contribution >= 4 is 23.4 Å². The van der Waals surface area contributed by atoms with Crippen molar-refractivity contribution in [2.24, 2.45) is 5.92 Å². The first-order valence-electron chi connectivity index (χ1n) is 7.13. The van der Waals surface area contributed by atoms with Gasteiger partial charge in [-0.25, -0.2) is 4.39 Å². The molecule has 0 radical (unpaired) electrons. The second-order valence-electron chi connectivity index (χ2n) is 5.62. The first-order chi connectivity index (χ1) is 10.5. The molecular weight excluding hydrogens is 311 g/mol. The van der Waals surface area contributed by atoms with E-state index in [1.807, 2.05) is 0 Å². The maximum atomic E-state index is 13.8. The summed E-state index contributed by atoms with van der Waals surface area (Å²) in [4.78, 5) is 26.0. The Morgan fingerprint density at radius 3 is 3.00 bits per heavy atom. The van der Waals surface area contributed by atoms with Gasteiger partial charge in [-0.05, 0) is 12.1 Å². The number of rotatable bonds is 2. The Morgan fingerprint density at radius 2 is 2.23 bits per heavy atom. The van der Waals surface area contributed by atoms with Gasteiger partial charge in [0, 0.05) is 23.7 Å². The Balaban J connectivity index is 1.76. The molecule has 1 aromatic rings. The lowest BCUT2D eigenvalue weighted by atomic mass is 10.1. The zero-order valence-electron chi connectivity index (χ0n) is 11.9. The van der Waals surface area contributed by atoms with E-state index < -0.39 is 5.82 Å². The van der Waals surface area contributed by atoms with Gasteiger partial charge in [0.15, 0.2) is 0 Å². The number of carbonyl (C=O) groups excluding carboxylic acids is 2. The van der Waals surface area contributed by atoms with Gasteiger partial charge in [-0.15, -0.1) is 0 Å². The molecule has 1 aromatic carbocycles. The van der Waals surface area contributed by atoms with Crippen LogP contribution in [0.5, 0.6) is 0 Å². The Labute approximate surface area is 132 Å². The van der Waals surface area contributed by atoms with Gasteiger partial charge in [0.05, 0.1) is 31.6 Å². The third-order valence-corrected chi connectivity index (χ3v) is 4.33. The van der Waals surface area contributed by atoms with E-state index in [4.69, 9.17) is 16.3 Å². The van der Waals surface area contributed by atoms with E-state index in [-0.39, 0.29) is 47.3 Å². The van der Waals surface area contributed by atoms with E-state index in [0.29, 0.717) is 19.8 Å². The average Bonchev–Trinajstić information content (AvgIpc) is 2.71. The fourth-order valence-electron chi connectivity index (χ4n) is 2.80. The predicted octanol–water partition coefficient (Wildman–Crippen LogP) is 0.995. The van der Waals surface area contributed by atoms with Crippen LogP contribution in [0.15, 0.2) is 18.2 Å². The summed E-state index contributed by atoms with van der Waals surface area (Å²) >= 11 is 5.97. The minimum atomic E-state index is -0.492. The monoisotopic (exact) mass is 326 g/mol. The van der Waals surface area contributed by atoms with Gasteiger partial charge in [-0.1, -0.05) is 17.7 Å². The average molecular weight is 327 g/mol. The molecule has 5 nitrogen and oxygen atoms in total. The van der Waals surface area contributed by atoms with Crippen LogP contribution in [0, 0.1) is 11.7 Å². The van der Waals surface area contributed by atoms with E-state index in [9.17, 15) is 14.0 Å². The molecule has 22 heavy (non-hydrogen) atoms. The second-order valence-corrected chi connectivity index (χ2v) is 6.02. The number of nitrogens with zero attached hydrogens (tertiary/aromatic N) is 1. The molecule has 2 heterocycles. The van der Waals surface area contributed by atoms with Crippen LogP contribution in [0.25, 0.3) is 0 Å². The number of ether oxygens (including phenoxy) is 1. The van der Waals surface area contributed by atoms with Gasteiger partial charge in [0.2, 0.25) is 11.8 Å². The third kappa shape index (κ3) is 3.08. The molecule has 2 saturated heterocycles. The lowest BCUT2D eigenvalue weighted by molar-refractivity contribution is -0.133. The first-order valence-corrected chi connectivity index (χ1v) is 7.51. The molecule has 1 N–H and O–H groups in total. The smallest absolute Gasteiger partial charge is 0.227 e. The van der Waals surface area contributed by atoms with Crippen molar-refractivity contribution in [2.45, 2.75) is 12.5 Å². The van der Waals surface area contributed by atoms with E-state index in [1.54, 1.807) is 11.0 Å². The fraction of sp³-hybridized carbons (Fsp3) is 0.467. The van der Waals surface area contributed by atoms with Gasteiger partial charge < -0.3 is 15.0 Å². The molecule has 2 fully saturated rings. The molecule has 0 saturated carbocycles. The maximum absolute atomic E-state index is 13.8. The van der Waals surface area contributed by atoms with Crippen molar-refractivity contribution in [3.8, 4) is 0 Å². The van der Waals surface area contributed by atoms with Gasteiger partial charge >= 0.3 is 0 Å². The summed E-state index contributed by atoms with van der Waals surface area (Å²) in [5.74, 6) is -1.21. The summed E-state index contributed by atoms with van der Waals surface area (Å²) in [6.07, 6.45) is -0.111. The van der Waals surface area contributed by atoms with Gasteiger partial charge in [0.1, 0.15) is 5.82 Å². The topological polar surface area (TPSA) is 58.6 Å². The Bertz CT molecular complexity index is 590. The highest BCUT2D eigenvalue weighted by molar-refractivity contribution is 6.31. The lowest BCUT2D eigenvalue weighted by Gasteiger charge is -2.27. The van der Waals surface area contributed by atoms with E-state index >= 15 is 0 Å². The Kier molecular flexibility index (Phi) is 4.31. The van der Waals surface area contributed by atoms with Crippen LogP contribution in [-0.4, -0.2) is 49.1 Å². The Morgan fingerprint density at radius 1 is 1.41 bits per heavy atom. The minimum absolute atomic E-state index is 0.0956. The number of halogens is 2. The van der Waals surface area contributed by atoms with Crippen LogP contribution in [-0.2, 0) is 20.7 Å². The third-order valence-electron chi connectivity index (χ3n) is 3.98. The zero-order chi connectivity index (χ0) is 15.7. The molecule has 2 aliphatic heterocycles. The molecule has 7 heteroatoms. The molecule has 3 rings (SSSR count). The van der Waals surface area contributed by atoms with Crippen LogP contribution >= 0.6 is 11.6 Å².